The number of ether oxygens (including phenoxy) is 1. The number of hydrogen-bond donors (Lipinski definition) is 1. The molecular formula is C21H19ClFNO4. The molecule has 1 N–H and O–H groups in total. The third-order valence-corrected chi connectivity index (χ3v) is 5.00. The van der Waals surface area contributed by atoms with Gasteiger partial charge in [-0.15, -0.1) is 0 Å². The molecule has 0 radical (unpaired) electrons. The number of aliphatic hydroxyl groups is 1. The molecule has 0 saturated carbocycles. The van der Waals surface area contributed by atoms with E-state index in [0.29, 0.717) is 32.7 Å². The lowest BCUT2D eigenvalue weighted by Gasteiger charge is -2.09. The highest BCUT2D eigenvalue weighted by Crippen LogP contribution is 2.32. The highest BCUT2D eigenvalue weighted by molar-refractivity contribution is 6.30. The summed E-state index contributed by atoms with van der Waals surface area (Å²) in [6.07, 6.45) is -1.11. The van der Waals surface area contributed by atoms with Crippen LogP contribution < -0.4 is 0 Å². The van der Waals surface area contributed by atoms with Gasteiger partial charge in [-0.1, -0.05) is 11.6 Å². The van der Waals surface area contributed by atoms with Gasteiger partial charge in [0.15, 0.2) is 0 Å². The molecule has 7 heteroatoms. The van der Waals surface area contributed by atoms with Crippen molar-refractivity contribution in [1.82, 2.24) is 4.57 Å². The Kier molecular flexibility index (Phi) is 5.54. The lowest BCUT2D eigenvalue weighted by Crippen LogP contribution is -2.14. The van der Waals surface area contributed by atoms with Gasteiger partial charge < -0.3 is 9.84 Å². The van der Waals surface area contributed by atoms with Gasteiger partial charge >= 0.3 is 5.97 Å². The van der Waals surface area contributed by atoms with E-state index in [9.17, 15) is 19.1 Å². The molecule has 0 aliphatic rings. The molecule has 146 valence electrons. The number of benzene rings is 2. The van der Waals surface area contributed by atoms with Gasteiger partial charge in [-0.2, -0.15) is 0 Å². The summed E-state index contributed by atoms with van der Waals surface area (Å²) in [5.41, 5.74) is 1.83. The molecule has 0 amide bonds. The van der Waals surface area contributed by atoms with Gasteiger partial charge in [0.05, 0.1) is 25.2 Å². The summed E-state index contributed by atoms with van der Waals surface area (Å²) in [4.78, 5) is 25.0. The van der Waals surface area contributed by atoms with E-state index in [-0.39, 0.29) is 17.9 Å². The zero-order valence-corrected chi connectivity index (χ0v) is 16.4. The third kappa shape index (κ3) is 3.53. The fourth-order valence-corrected chi connectivity index (χ4v) is 3.39. The number of esters is 1. The van der Waals surface area contributed by atoms with Crippen LogP contribution >= 0.6 is 11.6 Å². The fraction of sp³-hybridized carbons (Fsp3) is 0.238. The fourth-order valence-electron chi connectivity index (χ4n) is 3.26. The van der Waals surface area contributed by atoms with Crippen LogP contribution in [0.5, 0.6) is 0 Å². The van der Waals surface area contributed by atoms with Crippen LogP contribution in [0.15, 0.2) is 36.4 Å². The average Bonchev–Trinajstić information content (AvgIpc) is 2.91. The lowest BCUT2D eigenvalue weighted by molar-refractivity contribution is -0.139. The summed E-state index contributed by atoms with van der Waals surface area (Å²) in [6, 6.07) is 9.03. The molecule has 1 unspecified atom stereocenters. The molecule has 3 rings (SSSR count). The predicted octanol–water partition coefficient (Wildman–Crippen LogP) is 4.20. The zero-order valence-electron chi connectivity index (χ0n) is 15.6. The van der Waals surface area contributed by atoms with E-state index in [1.807, 2.05) is 0 Å². The molecule has 5 nitrogen and oxygen atoms in total. The summed E-state index contributed by atoms with van der Waals surface area (Å²) < 4.78 is 20.7. The summed E-state index contributed by atoms with van der Waals surface area (Å²) in [5, 5.41) is 10.9. The average molecular weight is 404 g/mol. The minimum atomic E-state index is -1.04. The Bertz CT molecular complexity index is 1070. The number of carbonyl (C=O) groups excluding carboxylic acids is 2. The molecule has 0 fully saturated rings. The Morgan fingerprint density at radius 2 is 1.89 bits per heavy atom. The van der Waals surface area contributed by atoms with Gasteiger partial charge in [-0.25, -0.2) is 4.39 Å². The van der Waals surface area contributed by atoms with Crippen LogP contribution in [-0.4, -0.2) is 28.7 Å². The molecule has 0 saturated heterocycles. The van der Waals surface area contributed by atoms with E-state index in [2.05, 4.69) is 0 Å². The minimum absolute atomic E-state index is 0.0788. The summed E-state index contributed by atoms with van der Waals surface area (Å²) in [6.45, 7) is 3.14. The van der Waals surface area contributed by atoms with E-state index < -0.39 is 17.9 Å². The molecule has 0 bridgehead atoms. The number of nitrogens with zero attached hydrogens (tertiary/aromatic N) is 1. The first-order valence-corrected chi connectivity index (χ1v) is 9.00. The molecule has 2 aromatic carbocycles. The van der Waals surface area contributed by atoms with Crippen molar-refractivity contribution in [3.8, 4) is 0 Å². The number of hydrogen-bond acceptors (Lipinski definition) is 4. The van der Waals surface area contributed by atoms with Crippen molar-refractivity contribution in [3.05, 3.63) is 69.6 Å². The van der Waals surface area contributed by atoms with Gasteiger partial charge in [0.1, 0.15) is 5.82 Å². The predicted molar refractivity (Wildman–Crippen MR) is 104 cm³/mol. The Morgan fingerprint density at radius 1 is 1.25 bits per heavy atom. The molecule has 0 aliphatic heterocycles. The van der Waals surface area contributed by atoms with Crippen molar-refractivity contribution >= 4 is 34.4 Å². The van der Waals surface area contributed by atoms with Crippen molar-refractivity contribution in [2.24, 2.45) is 0 Å². The first kappa shape index (κ1) is 20.0. The Balaban J connectivity index is 2.28. The Morgan fingerprint density at radius 3 is 2.46 bits per heavy atom. The normalized spacial score (nSPS) is 12.2. The van der Waals surface area contributed by atoms with E-state index in [0.717, 1.165) is 0 Å². The molecule has 28 heavy (non-hydrogen) atoms. The third-order valence-electron chi connectivity index (χ3n) is 4.75. The standard InChI is InChI=1S/C21H19ClFNO4/c1-11-15(9-20(26)28-3)17-8-16(12(2)25)18(23)10-19(17)24(11)21(27)13-4-6-14(22)7-5-13/h4-8,10,12,25H,9H2,1-3H3. The number of carbonyl (C=O) groups is 2. The van der Waals surface area contributed by atoms with Gasteiger partial charge in [-0.05, 0) is 55.8 Å². The SMILES string of the molecule is COC(=O)Cc1c(C)n(C(=O)c2ccc(Cl)cc2)c2cc(F)c(C(C)O)cc12. The van der Waals surface area contributed by atoms with Crippen molar-refractivity contribution in [3.63, 3.8) is 0 Å². The van der Waals surface area contributed by atoms with Crippen molar-refractivity contribution < 1.29 is 23.8 Å². The number of halogens is 2. The molecule has 0 spiro atoms. The first-order chi connectivity index (χ1) is 13.2. The Hall–Kier alpha value is -2.70. The summed E-state index contributed by atoms with van der Waals surface area (Å²) in [5.74, 6) is -1.49. The molecular weight excluding hydrogens is 385 g/mol. The monoisotopic (exact) mass is 403 g/mol. The number of methoxy groups -OCH3 is 1. The van der Waals surface area contributed by atoms with Crippen LogP contribution in [0.1, 0.15) is 40.2 Å². The number of aromatic nitrogens is 1. The van der Waals surface area contributed by atoms with Crippen LogP contribution in [0, 0.1) is 12.7 Å². The van der Waals surface area contributed by atoms with E-state index in [1.54, 1.807) is 31.2 Å². The van der Waals surface area contributed by atoms with Crippen LogP contribution in [0.3, 0.4) is 0 Å². The molecule has 0 aliphatic carbocycles. The summed E-state index contributed by atoms with van der Waals surface area (Å²) >= 11 is 5.89. The second-order valence-corrected chi connectivity index (χ2v) is 6.97. The van der Waals surface area contributed by atoms with Crippen LogP contribution in [0.2, 0.25) is 5.02 Å². The van der Waals surface area contributed by atoms with Gasteiger partial charge in [0.2, 0.25) is 0 Å². The van der Waals surface area contributed by atoms with E-state index in [1.165, 1.54) is 30.7 Å². The second-order valence-electron chi connectivity index (χ2n) is 6.53. The van der Waals surface area contributed by atoms with Crippen LogP contribution in [0.4, 0.5) is 4.39 Å². The molecule has 1 heterocycles. The zero-order chi connectivity index (χ0) is 20.6. The van der Waals surface area contributed by atoms with E-state index in [4.69, 9.17) is 16.3 Å². The van der Waals surface area contributed by atoms with Crippen molar-refractivity contribution in [2.45, 2.75) is 26.4 Å². The number of aliphatic hydroxyl groups excluding tert-OH is 1. The van der Waals surface area contributed by atoms with Gasteiger partial charge in [0, 0.05) is 27.2 Å². The molecule has 1 atom stereocenters. The van der Waals surface area contributed by atoms with Crippen molar-refractivity contribution in [1.29, 1.82) is 0 Å². The van der Waals surface area contributed by atoms with Crippen LogP contribution in [-0.2, 0) is 16.0 Å². The maximum Gasteiger partial charge on any atom is 0.310 e. The number of fused-ring (bicyclic) bond motifs is 1. The molecule has 3 aromatic rings. The van der Waals surface area contributed by atoms with Crippen molar-refractivity contribution in [2.75, 3.05) is 7.11 Å². The van der Waals surface area contributed by atoms with Gasteiger partial charge in [-0.3, -0.25) is 14.2 Å². The lowest BCUT2D eigenvalue weighted by atomic mass is 10.0. The van der Waals surface area contributed by atoms with E-state index >= 15 is 0 Å². The first-order valence-electron chi connectivity index (χ1n) is 8.63. The van der Waals surface area contributed by atoms with Crippen LogP contribution in [0.25, 0.3) is 10.9 Å². The smallest absolute Gasteiger partial charge is 0.310 e. The highest BCUT2D eigenvalue weighted by Gasteiger charge is 2.24. The highest BCUT2D eigenvalue weighted by atomic mass is 35.5. The maximum atomic E-state index is 14.5. The molecule has 1 aromatic heterocycles. The maximum absolute atomic E-state index is 14.5. The summed E-state index contributed by atoms with van der Waals surface area (Å²) in [7, 11) is 1.27. The van der Waals surface area contributed by atoms with Gasteiger partial charge in [0.25, 0.3) is 5.91 Å². The Labute approximate surface area is 166 Å². The topological polar surface area (TPSA) is 68.5 Å². The quantitative estimate of drug-likeness (QED) is 0.663. The number of rotatable bonds is 4. The second kappa shape index (κ2) is 7.73. The largest absolute Gasteiger partial charge is 0.469 e. The minimum Gasteiger partial charge on any atom is -0.469 e.